The molecule has 0 saturated heterocycles. The fraction of sp³-hybridized carbons (Fsp3) is 0.267. The number of urea groups is 1. The third kappa shape index (κ3) is 7.19. The molecular formula is C30H33FN4O2. The number of pyridine rings is 1. The Balaban J connectivity index is 1.41. The molecule has 0 aliphatic heterocycles. The summed E-state index contributed by atoms with van der Waals surface area (Å²) in [5.41, 5.74) is 4.51. The molecule has 0 fully saturated rings. The van der Waals surface area contributed by atoms with E-state index in [4.69, 9.17) is 4.74 Å². The second-order valence-corrected chi connectivity index (χ2v) is 9.29. The predicted molar refractivity (Wildman–Crippen MR) is 148 cm³/mol. The number of nitrogens with one attached hydrogen (secondary N) is 2. The zero-order valence-corrected chi connectivity index (χ0v) is 21.5. The van der Waals surface area contributed by atoms with Gasteiger partial charge in [-0.15, -0.1) is 0 Å². The van der Waals surface area contributed by atoms with Gasteiger partial charge in [0.05, 0.1) is 18.3 Å². The summed E-state index contributed by atoms with van der Waals surface area (Å²) in [7, 11) is 1.66. The Hall–Kier alpha value is -4.13. The lowest BCUT2D eigenvalue weighted by Gasteiger charge is -2.25. The van der Waals surface area contributed by atoms with Crippen molar-refractivity contribution >= 4 is 28.3 Å². The van der Waals surface area contributed by atoms with Gasteiger partial charge in [-0.1, -0.05) is 30.3 Å². The maximum absolute atomic E-state index is 13.4. The molecule has 1 atom stereocenters. The quantitative estimate of drug-likeness (QED) is 0.246. The van der Waals surface area contributed by atoms with Crippen molar-refractivity contribution in [1.82, 2.24) is 9.88 Å². The van der Waals surface area contributed by atoms with Crippen LogP contribution in [-0.2, 0) is 6.54 Å². The summed E-state index contributed by atoms with van der Waals surface area (Å²) in [6, 6.07) is 21.8. The number of halogens is 1. The standard InChI is InChI=1S/C30H33FN4O2/c1-21-7-4-10-26(17-21)34-30(36)35(20-23-11-13-25(31)14-12-23)16-6-8-22(2)33-28-19-27(37-3)18-24-9-5-15-32-29(24)28/h4-5,7,9-15,17-19,22,33H,6,8,16,20H2,1-3H3,(H,34,36). The smallest absolute Gasteiger partial charge is 0.322 e. The van der Waals surface area contributed by atoms with E-state index in [0.29, 0.717) is 13.1 Å². The van der Waals surface area contributed by atoms with Gasteiger partial charge in [0.15, 0.2) is 0 Å². The Kier molecular flexibility index (Phi) is 8.56. The molecular weight excluding hydrogens is 467 g/mol. The van der Waals surface area contributed by atoms with Crippen LogP contribution < -0.4 is 15.4 Å². The molecule has 6 nitrogen and oxygen atoms in total. The van der Waals surface area contributed by atoms with Crippen LogP contribution in [0.1, 0.15) is 30.9 Å². The van der Waals surface area contributed by atoms with Crippen molar-refractivity contribution in [3.05, 3.63) is 95.9 Å². The summed E-state index contributed by atoms with van der Waals surface area (Å²) in [6.07, 6.45) is 3.40. The van der Waals surface area contributed by atoms with Crippen molar-refractivity contribution in [3.8, 4) is 5.75 Å². The van der Waals surface area contributed by atoms with Gasteiger partial charge in [0.2, 0.25) is 0 Å². The first-order valence-electron chi connectivity index (χ1n) is 12.5. The number of aromatic nitrogens is 1. The molecule has 0 aliphatic rings. The SMILES string of the molecule is COc1cc(NC(C)CCCN(Cc2ccc(F)cc2)C(=O)Nc2cccc(C)c2)c2ncccc2c1. The number of rotatable bonds is 10. The summed E-state index contributed by atoms with van der Waals surface area (Å²) in [5, 5.41) is 7.57. The number of methoxy groups -OCH3 is 1. The number of nitrogens with zero attached hydrogens (tertiary/aromatic N) is 2. The Morgan fingerprint density at radius 3 is 2.65 bits per heavy atom. The van der Waals surface area contributed by atoms with Crippen LogP contribution in [0.5, 0.6) is 5.75 Å². The Bertz CT molecular complexity index is 1340. The topological polar surface area (TPSA) is 66.5 Å². The lowest BCUT2D eigenvalue weighted by atomic mass is 10.1. The fourth-order valence-electron chi connectivity index (χ4n) is 4.31. The number of carbonyl (C=O) groups is 1. The van der Waals surface area contributed by atoms with Crippen LogP contribution in [0.25, 0.3) is 10.9 Å². The number of fused-ring (bicyclic) bond motifs is 1. The first kappa shape index (κ1) is 25.9. The summed E-state index contributed by atoms with van der Waals surface area (Å²) < 4.78 is 18.9. The van der Waals surface area contributed by atoms with E-state index >= 15 is 0 Å². The molecule has 0 saturated carbocycles. The third-order valence-corrected chi connectivity index (χ3v) is 6.22. The zero-order chi connectivity index (χ0) is 26.2. The molecule has 3 aromatic carbocycles. The largest absolute Gasteiger partial charge is 0.497 e. The predicted octanol–water partition coefficient (Wildman–Crippen LogP) is 7.01. The summed E-state index contributed by atoms with van der Waals surface area (Å²) >= 11 is 0. The van der Waals surface area contributed by atoms with Gasteiger partial charge in [-0.2, -0.15) is 0 Å². The van der Waals surface area contributed by atoms with E-state index in [1.54, 1.807) is 30.3 Å². The van der Waals surface area contributed by atoms with E-state index in [2.05, 4.69) is 22.5 Å². The molecule has 1 heterocycles. The van der Waals surface area contributed by atoms with E-state index in [9.17, 15) is 9.18 Å². The Morgan fingerprint density at radius 1 is 1.08 bits per heavy atom. The van der Waals surface area contributed by atoms with Crippen molar-refractivity contribution < 1.29 is 13.9 Å². The van der Waals surface area contributed by atoms with Crippen LogP contribution in [0, 0.1) is 12.7 Å². The molecule has 0 radical (unpaired) electrons. The normalized spacial score (nSPS) is 11.7. The lowest BCUT2D eigenvalue weighted by molar-refractivity contribution is 0.207. The Labute approximate surface area is 217 Å². The van der Waals surface area contributed by atoms with Crippen LogP contribution in [0.4, 0.5) is 20.6 Å². The molecule has 0 aliphatic carbocycles. The Morgan fingerprint density at radius 2 is 1.89 bits per heavy atom. The number of amides is 2. The molecule has 4 rings (SSSR count). The fourth-order valence-corrected chi connectivity index (χ4v) is 4.31. The van der Waals surface area contributed by atoms with E-state index in [1.165, 1.54) is 12.1 Å². The summed E-state index contributed by atoms with van der Waals surface area (Å²) in [4.78, 5) is 19.5. The van der Waals surface area contributed by atoms with Crippen LogP contribution in [0.3, 0.4) is 0 Å². The molecule has 1 aromatic heterocycles. The van der Waals surface area contributed by atoms with Crippen molar-refractivity contribution in [3.63, 3.8) is 0 Å². The first-order valence-corrected chi connectivity index (χ1v) is 12.5. The van der Waals surface area contributed by atoms with E-state index in [1.807, 2.05) is 55.5 Å². The van der Waals surface area contributed by atoms with Gasteiger partial charge in [-0.25, -0.2) is 9.18 Å². The number of hydrogen-bond acceptors (Lipinski definition) is 4. The van der Waals surface area contributed by atoms with Gasteiger partial charge < -0.3 is 20.3 Å². The van der Waals surface area contributed by atoms with Crippen molar-refractivity contribution in [2.45, 2.75) is 39.3 Å². The van der Waals surface area contributed by atoms with Crippen LogP contribution in [0.2, 0.25) is 0 Å². The molecule has 37 heavy (non-hydrogen) atoms. The monoisotopic (exact) mass is 500 g/mol. The van der Waals surface area contributed by atoms with Gasteiger partial charge in [0.25, 0.3) is 0 Å². The molecule has 1 unspecified atom stereocenters. The summed E-state index contributed by atoms with van der Waals surface area (Å²) in [5.74, 6) is 0.479. The van der Waals surface area contributed by atoms with E-state index in [0.717, 1.165) is 52.0 Å². The van der Waals surface area contributed by atoms with Crippen molar-refractivity contribution in [2.24, 2.45) is 0 Å². The molecule has 7 heteroatoms. The van der Waals surface area contributed by atoms with Gasteiger partial charge in [0, 0.05) is 42.5 Å². The number of carbonyl (C=O) groups excluding carboxylic acids is 1. The first-order chi connectivity index (χ1) is 17.9. The average Bonchev–Trinajstić information content (AvgIpc) is 2.89. The molecule has 2 N–H and O–H groups in total. The van der Waals surface area contributed by atoms with E-state index in [-0.39, 0.29) is 17.9 Å². The van der Waals surface area contributed by atoms with Crippen LogP contribution in [-0.4, -0.2) is 35.6 Å². The van der Waals surface area contributed by atoms with Gasteiger partial charge in [-0.05, 0) is 74.2 Å². The molecule has 0 bridgehead atoms. The highest BCUT2D eigenvalue weighted by molar-refractivity contribution is 5.92. The number of aryl methyl sites for hydroxylation is 1. The van der Waals surface area contributed by atoms with Gasteiger partial charge >= 0.3 is 6.03 Å². The van der Waals surface area contributed by atoms with Crippen molar-refractivity contribution in [1.29, 1.82) is 0 Å². The summed E-state index contributed by atoms with van der Waals surface area (Å²) in [6.45, 7) is 5.05. The molecule has 192 valence electrons. The highest BCUT2D eigenvalue weighted by Crippen LogP contribution is 2.28. The van der Waals surface area contributed by atoms with Crippen molar-refractivity contribution in [2.75, 3.05) is 24.3 Å². The second kappa shape index (κ2) is 12.2. The van der Waals surface area contributed by atoms with Crippen LogP contribution in [0.15, 0.2) is 79.0 Å². The highest BCUT2D eigenvalue weighted by atomic mass is 19.1. The minimum atomic E-state index is -0.293. The average molecular weight is 501 g/mol. The van der Waals surface area contributed by atoms with Gasteiger partial charge in [-0.3, -0.25) is 4.98 Å². The molecule has 4 aromatic rings. The maximum Gasteiger partial charge on any atom is 0.322 e. The van der Waals surface area contributed by atoms with Crippen LogP contribution >= 0.6 is 0 Å². The second-order valence-electron chi connectivity index (χ2n) is 9.29. The lowest BCUT2D eigenvalue weighted by Crippen LogP contribution is -2.35. The van der Waals surface area contributed by atoms with Gasteiger partial charge in [0.1, 0.15) is 11.6 Å². The number of benzene rings is 3. The third-order valence-electron chi connectivity index (χ3n) is 6.22. The minimum absolute atomic E-state index is 0.143. The number of ether oxygens (including phenoxy) is 1. The van der Waals surface area contributed by atoms with E-state index < -0.39 is 0 Å². The molecule has 2 amide bonds. The zero-order valence-electron chi connectivity index (χ0n) is 21.5. The number of hydrogen-bond donors (Lipinski definition) is 2. The maximum atomic E-state index is 13.4. The minimum Gasteiger partial charge on any atom is -0.497 e. The number of anilines is 2. The highest BCUT2D eigenvalue weighted by Gasteiger charge is 2.16. The molecule has 0 spiro atoms.